The first kappa shape index (κ1) is 15.9. The number of amides is 2. The second kappa shape index (κ2) is 8.87. The number of hydrogen-bond donors (Lipinski definition) is 2. The predicted octanol–water partition coefficient (Wildman–Crippen LogP) is -0.734. The smallest absolute Gasteiger partial charge is 0.234 e. The maximum atomic E-state index is 11.6. The number of hydrogen-bond acceptors (Lipinski definition) is 4. The van der Waals surface area contributed by atoms with Gasteiger partial charge in [0.1, 0.15) is 0 Å². The predicted molar refractivity (Wildman–Crippen MR) is 74.9 cm³/mol. The van der Waals surface area contributed by atoms with E-state index in [1.807, 2.05) is 13.8 Å². The number of likely N-dealkylation sites (N-methyl/N-ethyl adjacent to an activating group) is 1. The molecule has 1 rings (SSSR count). The summed E-state index contributed by atoms with van der Waals surface area (Å²) in [6.45, 7) is 9.70. The van der Waals surface area contributed by atoms with Crippen molar-refractivity contribution >= 4 is 11.8 Å². The molecule has 110 valence electrons. The fourth-order valence-electron chi connectivity index (χ4n) is 2.09. The van der Waals surface area contributed by atoms with E-state index in [4.69, 9.17) is 0 Å². The average molecular weight is 270 g/mol. The zero-order chi connectivity index (χ0) is 14.1. The van der Waals surface area contributed by atoms with Gasteiger partial charge in [-0.25, -0.2) is 0 Å². The minimum Gasteiger partial charge on any atom is -0.355 e. The minimum atomic E-state index is 0.0802. The third-order valence-electron chi connectivity index (χ3n) is 3.15. The van der Waals surface area contributed by atoms with Crippen LogP contribution in [0.1, 0.15) is 20.3 Å². The highest BCUT2D eigenvalue weighted by atomic mass is 16.2. The Hall–Kier alpha value is -1.14. The molecule has 6 nitrogen and oxygen atoms in total. The molecule has 6 heteroatoms. The lowest BCUT2D eigenvalue weighted by atomic mass is 10.3. The van der Waals surface area contributed by atoms with Gasteiger partial charge in [0, 0.05) is 39.3 Å². The summed E-state index contributed by atoms with van der Waals surface area (Å²) in [6.07, 6.45) is 0.964. The van der Waals surface area contributed by atoms with Crippen molar-refractivity contribution in [3.8, 4) is 0 Å². The molecule has 0 aromatic carbocycles. The van der Waals surface area contributed by atoms with Crippen molar-refractivity contribution in [1.82, 2.24) is 20.4 Å². The maximum absolute atomic E-state index is 11.6. The SMILES string of the molecule is CCCNC(=O)CN1CCN(CC(=O)NCC)CC1. The van der Waals surface area contributed by atoms with Crippen LogP contribution in [-0.4, -0.2) is 74.0 Å². The molecule has 0 unspecified atom stereocenters. The van der Waals surface area contributed by atoms with E-state index < -0.39 is 0 Å². The van der Waals surface area contributed by atoms with Crippen LogP contribution in [0.15, 0.2) is 0 Å². The van der Waals surface area contributed by atoms with Gasteiger partial charge in [0.15, 0.2) is 0 Å². The number of rotatable bonds is 7. The number of carbonyl (C=O) groups is 2. The first-order chi connectivity index (χ1) is 9.15. The normalized spacial score (nSPS) is 17.2. The monoisotopic (exact) mass is 270 g/mol. The third-order valence-corrected chi connectivity index (χ3v) is 3.15. The topological polar surface area (TPSA) is 64.7 Å². The van der Waals surface area contributed by atoms with E-state index in [1.165, 1.54) is 0 Å². The second-order valence-electron chi connectivity index (χ2n) is 4.86. The van der Waals surface area contributed by atoms with Crippen LogP contribution in [0.2, 0.25) is 0 Å². The first-order valence-corrected chi connectivity index (χ1v) is 7.13. The second-order valence-corrected chi connectivity index (χ2v) is 4.86. The standard InChI is InChI=1S/C13H26N4O2/c1-3-5-15-13(19)11-17-8-6-16(7-9-17)10-12(18)14-4-2/h3-11H2,1-2H3,(H,14,18)(H,15,19). The van der Waals surface area contributed by atoms with Crippen LogP contribution in [0, 0.1) is 0 Å². The number of nitrogens with one attached hydrogen (secondary N) is 2. The number of piperazine rings is 1. The highest BCUT2D eigenvalue weighted by Gasteiger charge is 2.20. The van der Waals surface area contributed by atoms with E-state index in [9.17, 15) is 9.59 Å². The van der Waals surface area contributed by atoms with Crippen molar-refractivity contribution in [1.29, 1.82) is 0 Å². The Labute approximate surface area is 115 Å². The lowest BCUT2D eigenvalue weighted by Gasteiger charge is -2.33. The Bertz CT molecular complexity index is 288. The van der Waals surface area contributed by atoms with E-state index in [0.29, 0.717) is 19.6 Å². The Balaban J connectivity index is 2.18. The Morgan fingerprint density at radius 2 is 1.37 bits per heavy atom. The van der Waals surface area contributed by atoms with Crippen molar-refractivity contribution < 1.29 is 9.59 Å². The minimum absolute atomic E-state index is 0.0802. The van der Waals surface area contributed by atoms with Gasteiger partial charge in [0.2, 0.25) is 11.8 Å². The van der Waals surface area contributed by atoms with Gasteiger partial charge < -0.3 is 10.6 Å². The summed E-state index contributed by atoms with van der Waals surface area (Å²) in [7, 11) is 0. The summed E-state index contributed by atoms with van der Waals surface area (Å²) in [5, 5.41) is 5.68. The zero-order valence-corrected chi connectivity index (χ0v) is 12.1. The van der Waals surface area contributed by atoms with E-state index >= 15 is 0 Å². The summed E-state index contributed by atoms with van der Waals surface area (Å²) in [5.41, 5.74) is 0. The van der Waals surface area contributed by atoms with Crippen LogP contribution in [-0.2, 0) is 9.59 Å². The fourth-order valence-corrected chi connectivity index (χ4v) is 2.09. The van der Waals surface area contributed by atoms with Crippen LogP contribution in [0.3, 0.4) is 0 Å². The van der Waals surface area contributed by atoms with Crippen molar-refractivity contribution in [2.45, 2.75) is 20.3 Å². The Morgan fingerprint density at radius 1 is 0.895 bits per heavy atom. The molecule has 1 aliphatic rings. The van der Waals surface area contributed by atoms with Gasteiger partial charge >= 0.3 is 0 Å². The first-order valence-electron chi connectivity index (χ1n) is 7.13. The lowest BCUT2D eigenvalue weighted by molar-refractivity contribution is -0.124. The molecule has 0 spiro atoms. The van der Waals surface area contributed by atoms with Crippen molar-refractivity contribution in [2.75, 3.05) is 52.4 Å². The molecular weight excluding hydrogens is 244 g/mol. The molecule has 0 aromatic rings. The third kappa shape index (κ3) is 6.54. The molecule has 1 heterocycles. The maximum Gasteiger partial charge on any atom is 0.234 e. The molecule has 0 saturated carbocycles. The highest BCUT2D eigenvalue weighted by molar-refractivity contribution is 5.78. The van der Waals surface area contributed by atoms with Crippen LogP contribution < -0.4 is 10.6 Å². The molecule has 19 heavy (non-hydrogen) atoms. The van der Waals surface area contributed by atoms with Crippen molar-refractivity contribution in [3.63, 3.8) is 0 Å². The molecule has 2 amide bonds. The van der Waals surface area contributed by atoms with Crippen LogP contribution in [0.5, 0.6) is 0 Å². The van der Waals surface area contributed by atoms with Gasteiger partial charge in [0.05, 0.1) is 13.1 Å². The quantitative estimate of drug-likeness (QED) is 0.640. The summed E-state index contributed by atoms with van der Waals surface area (Å²) >= 11 is 0. The summed E-state index contributed by atoms with van der Waals surface area (Å²) in [6, 6.07) is 0. The number of carbonyl (C=O) groups excluding carboxylic acids is 2. The van der Waals surface area contributed by atoms with Crippen LogP contribution in [0.25, 0.3) is 0 Å². The van der Waals surface area contributed by atoms with E-state index in [0.717, 1.165) is 39.1 Å². The Morgan fingerprint density at radius 3 is 1.79 bits per heavy atom. The lowest BCUT2D eigenvalue weighted by Crippen LogP contribution is -2.51. The summed E-state index contributed by atoms with van der Waals surface area (Å²) < 4.78 is 0. The molecule has 0 aromatic heterocycles. The number of nitrogens with zero attached hydrogens (tertiary/aromatic N) is 2. The molecule has 0 radical (unpaired) electrons. The molecular formula is C13H26N4O2. The van der Waals surface area contributed by atoms with Crippen molar-refractivity contribution in [3.05, 3.63) is 0 Å². The zero-order valence-electron chi connectivity index (χ0n) is 12.1. The van der Waals surface area contributed by atoms with Gasteiger partial charge in [-0.2, -0.15) is 0 Å². The Kier molecular flexibility index (Phi) is 7.43. The van der Waals surface area contributed by atoms with E-state index in [1.54, 1.807) is 0 Å². The molecule has 1 fully saturated rings. The van der Waals surface area contributed by atoms with Gasteiger partial charge in [-0.15, -0.1) is 0 Å². The van der Waals surface area contributed by atoms with Gasteiger partial charge in [0.25, 0.3) is 0 Å². The van der Waals surface area contributed by atoms with Gasteiger partial charge in [-0.3, -0.25) is 19.4 Å². The molecule has 1 saturated heterocycles. The molecule has 0 aliphatic carbocycles. The van der Waals surface area contributed by atoms with E-state index in [-0.39, 0.29) is 11.8 Å². The van der Waals surface area contributed by atoms with Crippen LogP contribution in [0.4, 0.5) is 0 Å². The molecule has 2 N–H and O–H groups in total. The van der Waals surface area contributed by atoms with Gasteiger partial charge in [-0.05, 0) is 13.3 Å². The van der Waals surface area contributed by atoms with Gasteiger partial charge in [-0.1, -0.05) is 6.92 Å². The molecule has 0 atom stereocenters. The molecule has 1 aliphatic heterocycles. The highest BCUT2D eigenvalue weighted by Crippen LogP contribution is 2.00. The fraction of sp³-hybridized carbons (Fsp3) is 0.846. The average Bonchev–Trinajstić information content (AvgIpc) is 2.39. The molecule has 0 bridgehead atoms. The van der Waals surface area contributed by atoms with Crippen LogP contribution >= 0.6 is 0 Å². The largest absolute Gasteiger partial charge is 0.355 e. The van der Waals surface area contributed by atoms with Crippen molar-refractivity contribution in [2.24, 2.45) is 0 Å². The van der Waals surface area contributed by atoms with E-state index in [2.05, 4.69) is 20.4 Å². The summed E-state index contributed by atoms with van der Waals surface area (Å²) in [5.74, 6) is 0.177. The summed E-state index contributed by atoms with van der Waals surface area (Å²) in [4.78, 5) is 27.3.